The molecule has 0 bridgehead atoms. The smallest absolute Gasteiger partial charge is 0.410 e. The maximum atomic E-state index is 13.2. The molecule has 0 spiro atoms. The Balaban J connectivity index is 1.62. The molecule has 2 amide bonds. The summed E-state index contributed by atoms with van der Waals surface area (Å²) in [4.78, 5) is 41.7. The van der Waals surface area contributed by atoms with Crippen LogP contribution in [0.5, 0.6) is 0 Å². The Labute approximate surface area is 183 Å². The number of amides is 2. The van der Waals surface area contributed by atoms with E-state index in [0.29, 0.717) is 18.7 Å². The van der Waals surface area contributed by atoms with E-state index in [1.54, 1.807) is 11.1 Å². The molecule has 0 radical (unpaired) electrons. The van der Waals surface area contributed by atoms with Gasteiger partial charge in [0.1, 0.15) is 5.60 Å². The molecule has 2 aliphatic rings. The van der Waals surface area contributed by atoms with Gasteiger partial charge >= 0.3 is 6.09 Å². The lowest BCUT2D eigenvalue weighted by atomic mass is 10.0. The number of hydrogen-bond acceptors (Lipinski definition) is 7. The van der Waals surface area contributed by atoms with Crippen LogP contribution < -0.4 is 0 Å². The number of likely N-dealkylation sites (tertiary alicyclic amines) is 1. The lowest BCUT2D eigenvalue weighted by Crippen LogP contribution is -2.50. The summed E-state index contributed by atoms with van der Waals surface area (Å²) < 4.78 is 5.47. The largest absolute Gasteiger partial charge is 0.444 e. The van der Waals surface area contributed by atoms with E-state index in [-0.39, 0.29) is 36.0 Å². The van der Waals surface area contributed by atoms with Crippen molar-refractivity contribution < 1.29 is 14.3 Å². The quantitative estimate of drug-likeness (QED) is 0.697. The first-order valence-electron chi connectivity index (χ1n) is 10.9. The summed E-state index contributed by atoms with van der Waals surface area (Å²) in [6.07, 6.45) is 9.08. The third kappa shape index (κ3) is 6.32. The molecule has 31 heavy (non-hydrogen) atoms. The van der Waals surface area contributed by atoms with E-state index < -0.39 is 5.60 Å². The molecule has 9 heteroatoms. The summed E-state index contributed by atoms with van der Waals surface area (Å²) in [5, 5.41) is 7.19. The summed E-state index contributed by atoms with van der Waals surface area (Å²) in [6, 6.07) is 0.335. The van der Waals surface area contributed by atoms with E-state index in [1.807, 2.05) is 32.6 Å². The zero-order valence-electron chi connectivity index (χ0n) is 18.7. The van der Waals surface area contributed by atoms with Crippen molar-refractivity contribution in [3.63, 3.8) is 0 Å². The number of hydrogen-bond donors (Lipinski definition) is 1. The van der Waals surface area contributed by atoms with E-state index in [2.05, 4.69) is 15.0 Å². The number of rotatable bonds is 6. The van der Waals surface area contributed by atoms with Crippen molar-refractivity contribution in [3.05, 3.63) is 18.0 Å². The minimum Gasteiger partial charge on any atom is -0.444 e. The van der Waals surface area contributed by atoms with Crippen molar-refractivity contribution in [1.82, 2.24) is 19.8 Å². The number of ether oxygens (including phenoxy) is 1. The van der Waals surface area contributed by atoms with Crippen molar-refractivity contribution in [2.75, 3.05) is 13.1 Å². The van der Waals surface area contributed by atoms with Crippen LogP contribution in [0.1, 0.15) is 63.7 Å². The topological polar surface area (TPSA) is 112 Å². The molecule has 1 saturated heterocycles. The molecular formula is C22H32N6O3. The SMILES string of the molecule is CC(C=N)C=Nc1ncc(C(=O)N(C2CC2)C2CCN(C(=O)OC(C)(C)C)CC2)cn1. The van der Waals surface area contributed by atoms with E-state index in [1.165, 1.54) is 18.6 Å². The average molecular weight is 429 g/mol. The number of carbonyl (C=O) groups excluding carboxylic acids is 2. The van der Waals surface area contributed by atoms with Gasteiger partial charge in [-0.3, -0.25) is 4.79 Å². The molecule has 1 aromatic rings. The highest BCUT2D eigenvalue weighted by Gasteiger charge is 2.40. The van der Waals surface area contributed by atoms with Crippen molar-refractivity contribution in [2.24, 2.45) is 10.9 Å². The molecule has 168 valence electrons. The standard InChI is InChI=1S/C22H32N6O3/c1-15(11-23)12-24-20-25-13-16(14-26-20)19(29)28(17-5-6-17)18-7-9-27(10-8-18)21(30)31-22(2,3)4/h11-15,17-18,23H,5-10H2,1-4H3. The monoisotopic (exact) mass is 428 g/mol. The Kier molecular flexibility index (Phi) is 7.02. The number of carbonyl (C=O) groups is 2. The van der Waals surface area contributed by atoms with E-state index in [9.17, 15) is 9.59 Å². The highest BCUT2D eigenvalue weighted by Crippen LogP contribution is 2.33. The molecular weight excluding hydrogens is 396 g/mol. The van der Waals surface area contributed by atoms with Gasteiger partial charge in [0.15, 0.2) is 0 Å². The molecule has 1 aliphatic carbocycles. The van der Waals surface area contributed by atoms with Crippen LogP contribution in [0.4, 0.5) is 10.7 Å². The normalized spacial score (nSPS) is 18.6. The van der Waals surface area contributed by atoms with E-state index >= 15 is 0 Å². The second kappa shape index (κ2) is 9.53. The van der Waals surface area contributed by atoms with Crippen LogP contribution in [-0.2, 0) is 4.74 Å². The molecule has 1 saturated carbocycles. The van der Waals surface area contributed by atoms with Gasteiger partial charge in [-0.05, 0) is 46.5 Å². The molecule has 1 unspecified atom stereocenters. The van der Waals surface area contributed by atoms with Gasteiger partial charge in [0.2, 0.25) is 5.95 Å². The maximum Gasteiger partial charge on any atom is 0.410 e. The zero-order chi connectivity index (χ0) is 22.6. The molecule has 0 aromatic carbocycles. The van der Waals surface area contributed by atoms with Gasteiger partial charge in [0, 0.05) is 55.9 Å². The van der Waals surface area contributed by atoms with Crippen LogP contribution in [-0.4, -0.2) is 75.0 Å². The fraction of sp³-hybridized carbons (Fsp3) is 0.636. The van der Waals surface area contributed by atoms with Crippen molar-refractivity contribution >= 4 is 30.4 Å². The van der Waals surface area contributed by atoms with Crippen LogP contribution >= 0.6 is 0 Å². The number of piperidine rings is 1. The molecule has 3 rings (SSSR count). The van der Waals surface area contributed by atoms with Gasteiger partial charge in [0.25, 0.3) is 5.91 Å². The Hall–Kier alpha value is -2.84. The average Bonchev–Trinajstić information content (AvgIpc) is 3.56. The van der Waals surface area contributed by atoms with Crippen LogP contribution in [0.2, 0.25) is 0 Å². The Morgan fingerprint density at radius 2 is 1.77 bits per heavy atom. The molecule has 1 aliphatic heterocycles. The van der Waals surface area contributed by atoms with Crippen molar-refractivity contribution in [1.29, 1.82) is 5.41 Å². The summed E-state index contributed by atoms with van der Waals surface area (Å²) >= 11 is 0. The minimum atomic E-state index is -0.516. The lowest BCUT2D eigenvalue weighted by Gasteiger charge is -2.39. The molecule has 1 aromatic heterocycles. The second-order valence-corrected chi connectivity index (χ2v) is 9.22. The predicted octanol–water partition coefficient (Wildman–Crippen LogP) is 3.47. The fourth-order valence-corrected chi connectivity index (χ4v) is 3.51. The molecule has 2 fully saturated rings. The van der Waals surface area contributed by atoms with Gasteiger partial charge in [-0.1, -0.05) is 6.92 Å². The van der Waals surface area contributed by atoms with E-state index in [0.717, 1.165) is 25.7 Å². The first kappa shape index (κ1) is 22.8. The third-order valence-electron chi connectivity index (χ3n) is 5.26. The summed E-state index contributed by atoms with van der Waals surface area (Å²) in [6.45, 7) is 8.57. The molecule has 9 nitrogen and oxygen atoms in total. The summed E-state index contributed by atoms with van der Waals surface area (Å²) in [5.41, 5.74) is -0.0713. The fourth-order valence-electron chi connectivity index (χ4n) is 3.51. The van der Waals surface area contributed by atoms with Gasteiger partial charge < -0.3 is 19.9 Å². The Morgan fingerprint density at radius 1 is 1.19 bits per heavy atom. The second-order valence-electron chi connectivity index (χ2n) is 9.22. The van der Waals surface area contributed by atoms with Crippen LogP contribution in [0.15, 0.2) is 17.4 Å². The summed E-state index contributed by atoms with van der Waals surface area (Å²) in [7, 11) is 0. The highest BCUT2D eigenvalue weighted by molar-refractivity contribution is 5.94. The number of aromatic nitrogens is 2. The highest BCUT2D eigenvalue weighted by atomic mass is 16.6. The Bertz CT molecular complexity index is 821. The Morgan fingerprint density at radius 3 is 2.29 bits per heavy atom. The van der Waals surface area contributed by atoms with Gasteiger partial charge in [-0.2, -0.15) is 0 Å². The van der Waals surface area contributed by atoms with Crippen molar-refractivity contribution in [2.45, 2.75) is 71.1 Å². The number of aliphatic imine (C=N–C) groups is 1. The first-order valence-corrected chi connectivity index (χ1v) is 10.9. The number of nitrogens with zero attached hydrogens (tertiary/aromatic N) is 5. The van der Waals surface area contributed by atoms with Gasteiger partial charge in [-0.15, -0.1) is 0 Å². The predicted molar refractivity (Wildman–Crippen MR) is 118 cm³/mol. The molecule has 1 atom stereocenters. The summed E-state index contributed by atoms with van der Waals surface area (Å²) in [5.74, 6) is 0.109. The maximum absolute atomic E-state index is 13.2. The minimum absolute atomic E-state index is 0.0680. The van der Waals surface area contributed by atoms with Gasteiger partial charge in [-0.25, -0.2) is 19.8 Å². The van der Waals surface area contributed by atoms with Gasteiger partial charge in [0.05, 0.1) is 5.56 Å². The van der Waals surface area contributed by atoms with E-state index in [4.69, 9.17) is 10.1 Å². The first-order chi connectivity index (χ1) is 14.7. The molecule has 2 heterocycles. The number of nitrogens with one attached hydrogen (secondary N) is 1. The van der Waals surface area contributed by atoms with Crippen LogP contribution in [0, 0.1) is 11.3 Å². The molecule has 1 N–H and O–H groups in total. The zero-order valence-corrected chi connectivity index (χ0v) is 18.7. The third-order valence-corrected chi connectivity index (χ3v) is 5.26. The van der Waals surface area contributed by atoms with Crippen molar-refractivity contribution in [3.8, 4) is 0 Å². The lowest BCUT2D eigenvalue weighted by molar-refractivity contribution is 0.0142. The van der Waals surface area contributed by atoms with Crippen LogP contribution in [0.3, 0.4) is 0 Å². The van der Waals surface area contributed by atoms with Crippen LogP contribution in [0.25, 0.3) is 0 Å².